The van der Waals surface area contributed by atoms with Crippen molar-refractivity contribution in [1.82, 2.24) is 0 Å². The van der Waals surface area contributed by atoms with Gasteiger partial charge in [0.05, 0.1) is 17.3 Å². The Hall–Kier alpha value is -1.59. The molecule has 0 aliphatic heterocycles. The standard InChI is InChI=1S/C12H18O6/c1-12(2,3)11(16)18-6-17-10(15)8-5-4-7(8)9(13)14/h7-8H,4-6H2,1-3H3,(H,13,14). The number of esters is 2. The fourth-order valence-electron chi connectivity index (χ4n) is 1.54. The molecule has 2 unspecified atom stereocenters. The van der Waals surface area contributed by atoms with Gasteiger partial charge in [0.15, 0.2) is 0 Å². The topological polar surface area (TPSA) is 89.9 Å². The number of rotatable bonds is 4. The van der Waals surface area contributed by atoms with Gasteiger partial charge in [-0.15, -0.1) is 0 Å². The molecule has 6 heteroatoms. The number of carbonyl (C=O) groups excluding carboxylic acids is 2. The summed E-state index contributed by atoms with van der Waals surface area (Å²) < 4.78 is 9.51. The highest BCUT2D eigenvalue weighted by Crippen LogP contribution is 2.35. The molecule has 1 aliphatic rings. The minimum atomic E-state index is -0.991. The molecule has 0 saturated heterocycles. The molecule has 1 fully saturated rings. The number of carboxylic acids is 1. The molecular weight excluding hydrogens is 240 g/mol. The van der Waals surface area contributed by atoms with Crippen molar-refractivity contribution in [2.45, 2.75) is 33.6 Å². The maximum Gasteiger partial charge on any atom is 0.314 e. The summed E-state index contributed by atoms with van der Waals surface area (Å²) in [5, 5.41) is 8.78. The fourth-order valence-corrected chi connectivity index (χ4v) is 1.54. The fraction of sp³-hybridized carbons (Fsp3) is 0.750. The lowest BCUT2D eigenvalue weighted by Crippen LogP contribution is -2.39. The summed E-state index contributed by atoms with van der Waals surface area (Å²) in [5.41, 5.74) is -0.660. The lowest BCUT2D eigenvalue weighted by molar-refractivity contribution is -0.181. The Morgan fingerprint density at radius 2 is 1.67 bits per heavy atom. The Balaban J connectivity index is 2.30. The van der Waals surface area contributed by atoms with Gasteiger partial charge < -0.3 is 14.6 Å². The van der Waals surface area contributed by atoms with Crippen LogP contribution in [0.4, 0.5) is 0 Å². The highest BCUT2D eigenvalue weighted by atomic mass is 16.7. The Morgan fingerprint density at radius 1 is 1.11 bits per heavy atom. The van der Waals surface area contributed by atoms with Crippen LogP contribution in [0.25, 0.3) is 0 Å². The highest BCUT2D eigenvalue weighted by Gasteiger charge is 2.42. The van der Waals surface area contributed by atoms with E-state index in [1.807, 2.05) is 0 Å². The predicted molar refractivity (Wildman–Crippen MR) is 60.4 cm³/mol. The summed E-state index contributed by atoms with van der Waals surface area (Å²) in [5.74, 6) is -3.37. The first-order chi connectivity index (χ1) is 8.23. The molecule has 102 valence electrons. The van der Waals surface area contributed by atoms with E-state index in [0.717, 1.165) is 0 Å². The number of aliphatic carboxylic acids is 1. The summed E-state index contributed by atoms with van der Waals surface area (Å²) in [7, 11) is 0. The van der Waals surface area contributed by atoms with Gasteiger partial charge in [0, 0.05) is 0 Å². The van der Waals surface area contributed by atoms with Gasteiger partial charge in [0.2, 0.25) is 6.79 Å². The maximum absolute atomic E-state index is 11.5. The molecule has 1 saturated carbocycles. The zero-order valence-corrected chi connectivity index (χ0v) is 10.8. The molecule has 0 aromatic rings. The number of ether oxygens (including phenoxy) is 2. The van der Waals surface area contributed by atoms with Gasteiger partial charge in [-0.2, -0.15) is 0 Å². The predicted octanol–water partition coefficient (Wildman–Crippen LogP) is 1.19. The van der Waals surface area contributed by atoms with E-state index in [-0.39, 0.29) is 0 Å². The molecule has 1 aliphatic carbocycles. The summed E-state index contributed by atoms with van der Waals surface area (Å²) in [6, 6.07) is 0. The molecule has 0 heterocycles. The van der Waals surface area contributed by atoms with Crippen molar-refractivity contribution in [3.8, 4) is 0 Å². The number of carbonyl (C=O) groups is 3. The van der Waals surface area contributed by atoms with Crippen LogP contribution in [-0.4, -0.2) is 29.8 Å². The Labute approximate surface area is 105 Å². The van der Waals surface area contributed by atoms with Crippen molar-refractivity contribution < 1.29 is 29.0 Å². The second kappa shape index (κ2) is 5.37. The van der Waals surface area contributed by atoms with E-state index >= 15 is 0 Å². The van der Waals surface area contributed by atoms with Crippen LogP contribution in [0.5, 0.6) is 0 Å². The zero-order valence-electron chi connectivity index (χ0n) is 10.8. The molecule has 0 spiro atoms. The van der Waals surface area contributed by atoms with E-state index in [1.165, 1.54) is 0 Å². The molecule has 0 aromatic heterocycles. The maximum atomic E-state index is 11.5. The van der Waals surface area contributed by atoms with Crippen molar-refractivity contribution >= 4 is 17.9 Å². The summed E-state index contributed by atoms with van der Waals surface area (Å²) >= 11 is 0. The van der Waals surface area contributed by atoms with Crippen LogP contribution in [0.3, 0.4) is 0 Å². The Kier molecular flexibility index (Phi) is 4.32. The first kappa shape index (κ1) is 14.5. The van der Waals surface area contributed by atoms with E-state index in [0.29, 0.717) is 12.8 Å². The molecule has 0 aromatic carbocycles. The second-order valence-corrected chi connectivity index (χ2v) is 5.39. The van der Waals surface area contributed by atoms with E-state index in [9.17, 15) is 14.4 Å². The van der Waals surface area contributed by atoms with Crippen molar-refractivity contribution in [3.63, 3.8) is 0 Å². The Morgan fingerprint density at radius 3 is 2.06 bits per heavy atom. The summed E-state index contributed by atoms with van der Waals surface area (Å²) in [6.07, 6.45) is 0.986. The minimum absolute atomic E-state index is 0.461. The molecule has 1 N–H and O–H groups in total. The number of hydrogen-bond acceptors (Lipinski definition) is 5. The van der Waals surface area contributed by atoms with E-state index in [4.69, 9.17) is 14.6 Å². The monoisotopic (exact) mass is 258 g/mol. The average molecular weight is 258 g/mol. The first-order valence-electron chi connectivity index (χ1n) is 5.80. The van der Waals surface area contributed by atoms with Crippen LogP contribution in [0.2, 0.25) is 0 Å². The lowest BCUT2D eigenvalue weighted by Gasteiger charge is -2.30. The molecule has 1 rings (SSSR count). The molecular formula is C12H18O6. The van der Waals surface area contributed by atoms with Gasteiger partial charge in [-0.3, -0.25) is 14.4 Å². The van der Waals surface area contributed by atoms with Gasteiger partial charge >= 0.3 is 17.9 Å². The normalized spacial score (nSPS) is 22.8. The van der Waals surface area contributed by atoms with Crippen molar-refractivity contribution in [2.24, 2.45) is 17.3 Å². The van der Waals surface area contributed by atoms with Crippen molar-refractivity contribution in [2.75, 3.05) is 6.79 Å². The molecule has 6 nitrogen and oxygen atoms in total. The van der Waals surface area contributed by atoms with Crippen LogP contribution in [0.1, 0.15) is 33.6 Å². The summed E-state index contributed by atoms with van der Waals surface area (Å²) in [6.45, 7) is 4.59. The van der Waals surface area contributed by atoms with Crippen LogP contribution in [0, 0.1) is 17.3 Å². The third kappa shape index (κ3) is 3.45. The molecule has 2 atom stereocenters. The van der Waals surface area contributed by atoms with E-state index < -0.39 is 42.0 Å². The van der Waals surface area contributed by atoms with Crippen LogP contribution >= 0.6 is 0 Å². The van der Waals surface area contributed by atoms with Crippen molar-refractivity contribution in [1.29, 1.82) is 0 Å². The van der Waals surface area contributed by atoms with Gasteiger partial charge in [0.1, 0.15) is 0 Å². The van der Waals surface area contributed by atoms with Crippen molar-refractivity contribution in [3.05, 3.63) is 0 Å². The molecule has 0 radical (unpaired) electrons. The second-order valence-electron chi connectivity index (χ2n) is 5.39. The summed E-state index contributed by atoms with van der Waals surface area (Å²) in [4.78, 5) is 33.6. The largest absolute Gasteiger partial charge is 0.481 e. The Bertz CT molecular complexity index is 354. The average Bonchev–Trinajstić information content (AvgIpc) is 2.12. The van der Waals surface area contributed by atoms with Gasteiger partial charge in [-0.1, -0.05) is 0 Å². The quantitative estimate of drug-likeness (QED) is 0.601. The van der Waals surface area contributed by atoms with E-state index in [1.54, 1.807) is 20.8 Å². The van der Waals surface area contributed by atoms with Gasteiger partial charge in [0.25, 0.3) is 0 Å². The van der Waals surface area contributed by atoms with Gasteiger partial charge in [-0.05, 0) is 33.6 Å². The third-order valence-corrected chi connectivity index (χ3v) is 2.90. The zero-order chi connectivity index (χ0) is 13.9. The highest BCUT2D eigenvalue weighted by molar-refractivity contribution is 5.83. The molecule has 18 heavy (non-hydrogen) atoms. The number of hydrogen-bond donors (Lipinski definition) is 1. The van der Waals surface area contributed by atoms with Crippen LogP contribution in [0.15, 0.2) is 0 Å². The SMILES string of the molecule is CC(C)(C)C(=O)OCOC(=O)C1CCC1C(=O)O. The third-order valence-electron chi connectivity index (χ3n) is 2.90. The molecule has 0 amide bonds. The van der Waals surface area contributed by atoms with Crippen LogP contribution in [-0.2, 0) is 23.9 Å². The smallest absolute Gasteiger partial charge is 0.314 e. The minimum Gasteiger partial charge on any atom is -0.481 e. The van der Waals surface area contributed by atoms with Crippen LogP contribution < -0.4 is 0 Å². The number of carboxylic acid groups (broad SMARTS) is 1. The lowest BCUT2D eigenvalue weighted by atomic mass is 9.74. The van der Waals surface area contributed by atoms with Gasteiger partial charge in [-0.25, -0.2) is 0 Å². The molecule has 0 bridgehead atoms. The first-order valence-corrected chi connectivity index (χ1v) is 5.80. The van der Waals surface area contributed by atoms with E-state index in [2.05, 4.69) is 0 Å².